The Balaban J connectivity index is 2.20. The highest BCUT2D eigenvalue weighted by molar-refractivity contribution is 6.01. The maximum atomic E-state index is 11.6. The molecule has 2 aromatic heterocycles. The number of rotatable bonds is 2. The Hall–Kier alpha value is -2.37. The number of aryl methyl sites for hydroxylation is 1. The van der Waals surface area contributed by atoms with Crippen LogP contribution in [0.4, 0.5) is 0 Å². The molecule has 0 spiro atoms. The largest absolute Gasteiger partial charge is 0.477 e. The molecule has 3 heterocycles. The van der Waals surface area contributed by atoms with Crippen LogP contribution >= 0.6 is 0 Å². The average Bonchev–Trinajstić information content (AvgIpc) is 2.79. The van der Waals surface area contributed by atoms with Crippen molar-refractivity contribution in [2.24, 2.45) is 5.73 Å². The molecule has 0 saturated heterocycles. The second-order valence-electron chi connectivity index (χ2n) is 4.06. The number of carbonyl (C=O) groups excluding carboxylic acids is 1. The number of ether oxygens (including phenoxy) is 1. The van der Waals surface area contributed by atoms with Gasteiger partial charge < -0.3 is 10.5 Å². The van der Waals surface area contributed by atoms with E-state index >= 15 is 0 Å². The predicted molar refractivity (Wildman–Crippen MR) is 64.1 cm³/mol. The summed E-state index contributed by atoms with van der Waals surface area (Å²) in [5, 5.41) is 4.39. The normalized spacial score (nSPS) is 13.8. The standard InChI is InChI=1S/C12H12N4O2/c13-11(17)9-10(8-3-1-4-14-7-8)15-16-5-2-6-18-12(9)16/h1,3-4,7H,2,5-6H2,(H2,13,17). The van der Waals surface area contributed by atoms with Crippen molar-refractivity contribution in [2.45, 2.75) is 13.0 Å². The van der Waals surface area contributed by atoms with E-state index in [9.17, 15) is 4.79 Å². The molecule has 0 radical (unpaired) electrons. The van der Waals surface area contributed by atoms with Crippen molar-refractivity contribution in [3.05, 3.63) is 30.1 Å². The topological polar surface area (TPSA) is 83.0 Å². The van der Waals surface area contributed by atoms with Crippen LogP contribution in [0.1, 0.15) is 16.8 Å². The van der Waals surface area contributed by atoms with Gasteiger partial charge in [-0.2, -0.15) is 5.10 Å². The first-order chi connectivity index (χ1) is 8.77. The zero-order valence-corrected chi connectivity index (χ0v) is 9.67. The van der Waals surface area contributed by atoms with Gasteiger partial charge in [0.15, 0.2) is 0 Å². The van der Waals surface area contributed by atoms with E-state index in [4.69, 9.17) is 10.5 Å². The fourth-order valence-electron chi connectivity index (χ4n) is 2.05. The summed E-state index contributed by atoms with van der Waals surface area (Å²) in [6, 6.07) is 3.63. The van der Waals surface area contributed by atoms with Crippen LogP contribution < -0.4 is 10.5 Å². The zero-order chi connectivity index (χ0) is 12.5. The Morgan fingerprint density at radius 2 is 2.39 bits per heavy atom. The van der Waals surface area contributed by atoms with E-state index in [1.54, 1.807) is 23.1 Å². The zero-order valence-electron chi connectivity index (χ0n) is 9.67. The molecule has 6 heteroatoms. The maximum Gasteiger partial charge on any atom is 0.256 e. The van der Waals surface area contributed by atoms with Crippen LogP contribution in [-0.2, 0) is 6.54 Å². The van der Waals surface area contributed by atoms with Crippen molar-refractivity contribution in [3.63, 3.8) is 0 Å². The Bertz CT molecular complexity index is 592. The Labute approximate surface area is 103 Å². The van der Waals surface area contributed by atoms with Gasteiger partial charge in [0.25, 0.3) is 5.91 Å². The summed E-state index contributed by atoms with van der Waals surface area (Å²) in [4.78, 5) is 15.6. The van der Waals surface area contributed by atoms with Crippen molar-refractivity contribution in [2.75, 3.05) is 6.61 Å². The molecule has 1 amide bonds. The number of hydrogen-bond donors (Lipinski definition) is 1. The number of primary amides is 1. The summed E-state index contributed by atoms with van der Waals surface area (Å²) in [5.74, 6) is -0.0652. The minimum atomic E-state index is -0.531. The van der Waals surface area contributed by atoms with Crippen LogP contribution in [0, 0.1) is 0 Å². The van der Waals surface area contributed by atoms with E-state index in [2.05, 4.69) is 10.1 Å². The van der Waals surface area contributed by atoms with E-state index < -0.39 is 5.91 Å². The summed E-state index contributed by atoms with van der Waals surface area (Å²) in [6.45, 7) is 1.31. The summed E-state index contributed by atoms with van der Waals surface area (Å²) in [5.41, 5.74) is 7.06. The molecule has 0 unspecified atom stereocenters. The number of hydrogen-bond acceptors (Lipinski definition) is 4. The minimum absolute atomic E-state index is 0.336. The van der Waals surface area contributed by atoms with Crippen molar-refractivity contribution in [3.8, 4) is 17.1 Å². The molecule has 0 saturated carbocycles. The van der Waals surface area contributed by atoms with E-state index in [0.29, 0.717) is 23.7 Å². The third kappa shape index (κ3) is 1.62. The molecule has 92 valence electrons. The number of carbonyl (C=O) groups is 1. The predicted octanol–water partition coefficient (Wildman–Crippen LogP) is 0.826. The summed E-state index contributed by atoms with van der Waals surface area (Å²) in [7, 11) is 0. The van der Waals surface area contributed by atoms with Gasteiger partial charge in [-0.25, -0.2) is 4.68 Å². The lowest BCUT2D eigenvalue weighted by atomic mass is 10.1. The fourth-order valence-corrected chi connectivity index (χ4v) is 2.05. The first-order valence-electron chi connectivity index (χ1n) is 5.71. The monoisotopic (exact) mass is 244 g/mol. The number of amides is 1. The Morgan fingerprint density at radius 3 is 3.11 bits per heavy atom. The van der Waals surface area contributed by atoms with Gasteiger partial charge in [-0.05, 0) is 12.1 Å². The first-order valence-corrected chi connectivity index (χ1v) is 5.71. The van der Waals surface area contributed by atoms with Crippen LogP contribution in [0.2, 0.25) is 0 Å². The molecule has 6 nitrogen and oxygen atoms in total. The second kappa shape index (κ2) is 4.14. The summed E-state index contributed by atoms with van der Waals surface area (Å²) in [6.07, 6.45) is 4.19. The highest BCUT2D eigenvalue weighted by atomic mass is 16.5. The third-order valence-electron chi connectivity index (χ3n) is 2.84. The number of pyridine rings is 1. The molecule has 0 aromatic carbocycles. The van der Waals surface area contributed by atoms with Crippen LogP contribution in [-0.4, -0.2) is 27.3 Å². The van der Waals surface area contributed by atoms with Crippen LogP contribution in [0.25, 0.3) is 11.3 Å². The van der Waals surface area contributed by atoms with Gasteiger partial charge in [0.1, 0.15) is 11.3 Å². The van der Waals surface area contributed by atoms with Gasteiger partial charge in [0.2, 0.25) is 5.88 Å². The Morgan fingerprint density at radius 1 is 1.50 bits per heavy atom. The Kier molecular flexibility index (Phi) is 2.47. The van der Waals surface area contributed by atoms with Crippen LogP contribution in [0.3, 0.4) is 0 Å². The lowest BCUT2D eigenvalue weighted by Gasteiger charge is -2.14. The minimum Gasteiger partial charge on any atom is -0.477 e. The number of fused-ring (bicyclic) bond motifs is 1. The van der Waals surface area contributed by atoms with Gasteiger partial charge in [-0.3, -0.25) is 9.78 Å². The second-order valence-corrected chi connectivity index (χ2v) is 4.06. The highest BCUT2D eigenvalue weighted by Gasteiger charge is 2.26. The van der Waals surface area contributed by atoms with Crippen molar-refractivity contribution in [1.82, 2.24) is 14.8 Å². The third-order valence-corrected chi connectivity index (χ3v) is 2.84. The molecular formula is C12H12N4O2. The molecule has 1 aliphatic rings. The first kappa shape index (κ1) is 10.8. The number of aromatic nitrogens is 3. The lowest BCUT2D eigenvalue weighted by Crippen LogP contribution is -2.18. The molecule has 2 N–H and O–H groups in total. The fraction of sp³-hybridized carbons (Fsp3) is 0.250. The molecule has 18 heavy (non-hydrogen) atoms. The molecule has 0 aliphatic carbocycles. The van der Waals surface area contributed by atoms with Crippen molar-refractivity contribution in [1.29, 1.82) is 0 Å². The smallest absolute Gasteiger partial charge is 0.256 e. The van der Waals surface area contributed by atoms with Gasteiger partial charge in [0.05, 0.1) is 6.61 Å². The molecule has 0 atom stereocenters. The maximum absolute atomic E-state index is 11.6. The van der Waals surface area contributed by atoms with E-state index in [-0.39, 0.29) is 0 Å². The van der Waals surface area contributed by atoms with Gasteiger partial charge in [-0.1, -0.05) is 0 Å². The number of nitrogens with zero attached hydrogens (tertiary/aromatic N) is 3. The van der Waals surface area contributed by atoms with Crippen molar-refractivity contribution >= 4 is 5.91 Å². The SMILES string of the molecule is NC(=O)c1c(-c2cccnc2)nn2c1OCCC2. The summed E-state index contributed by atoms with van der Waals surface area (Å²) < 4.78 is 7.18. The molecule has 1 aliphatic heterocycles. The molecule has 3 rings (SSSR count). The van der Waals surface area contributed by atoms with Crippen LogP contribution in [0.5, 0.6) is 5.88 Å². The quantitative estimate of drug-likeness (QED) is 0.848. The van der Waals surface area contributed by atoms with Crippen LogP contribution in [0.15, 0.2) is 24.5 Å². The average molecular weight is 244 g/mol. The molecular weight excluding hydrogens is 232 g/mol. The lowest BCUT2D eigenvalue weighted by molar-refractivity contribution is 0.0994. The van der Waals surface area contributed by atoms with Crippen molar-refractivity contribution < 1.29 is 9.53 Å². The molecule has 0 bridgehead atoms. The van der Waals surface area contributed by atoms with E-state index in [1.807, 2.05) is 6.07 Å². The molecule has 2 aromatic rings. The number of nitrogens with two attached hydrogens (primary N) is 1. The van der Waals surface area contributed by atoms with E-state index in [1.165, 1.54) is 0 Å². The van der Waals surface area contributed by atoms with Gasteiger partial charge in [0, 0.05) is 30.9 Å². The van der Waals surface area contributed by atoms with Gasteiger partial charge >= 0.3 is 0 Å². The molecule has 0 fully saturated rings. The summed E-state index contributed by atoms with van der Waals surface area (Å²) >= 11 is 0. The highest BCUT2D eigenvalue weighted by Crippen LogP contribution is 2.31. The van der Waals surface area contributed by atoms with Gasteiger partial charge in [-0.15, -0.1) is 0 Å². The van der Waals surface area contributed by atoms with E-state index in [0.717, 1.165) is 18.5 Å².